The van der Waals surface area contributed by atoms with Crippen LogP contribution in [0.5, 0.6) is 5.75 Å². The van der Waals surface area contributed by atoms with Gasteiger partial charge in [-0.15, -0.1) is 13.2 Å². The number of nitrogens with one attached hydrogen (secondary N) is 1. The monoisotopic (exact) mass is 427 g/mol. The summed E-state index contributed by atoms with van der Waals surface area (Å²) >= 11 is 0. The third kappa shape index (κ3) is 6.03. The van der Waals surface area contributed by atoms with Crippen molar-refractivity contribution in [2.45, 2.75) is 70.9 Å². The molecule has 0 bridgehead atoms. The van der Waals surface area contributed by atoms with Crippen molar-refractivity contribution in [2.75, 3.05) is 25.0 Å². The lowest BCUT2D eigenvalue weighted by atomic mass is 9.84. The summed E-state index contributed by atoms with van der Waals surface area (Å²) < 4.78 is 40.7. The molecule has 168 valence electrons. The highest BCUT2D eigenvalue weighted by molar-refractivity contribution is 5.79. The van der Waals surface area contributed by atoms with Gasteiger partial charge in [0.15, 0.2) is 0 Å². The zero-order valence-electron chi connectivity index (χ0n) is 17.9. The van der Waals surface area contributed by atoms with Gasteiger partial charge in [0.2, 0.25) is 5.91 Å². The molecule has 1 aromatic carbocycles. The van der Waals surface area contributed by atoms with Crippen molar-refractivity contribution in [1.29, 1.82) is 0 Å². The molecule has 0 spiro atoms. The Morgan fingerprint density at radius 3 is 2.27 bits per heavy atom. The Kier molecular flexibility index (Phi) is 7.16. The number of amides is 1. The van der Waals surface area contributed by atoms with Gasteiger partial charge in [-0.05, 0) is 70.7 Å². The maximum atomic E-state index is 13.0. The van der Waals surface area contributed by atoms with Crippen LogP contribution in [-0.4, -0.2) is 59.8 Å². The zero-order chi connectivity index (χ0) is 21.9. The van der Waals surface area contributed by atoms with E-state index in [1.165, 1.54) is 12.1 Å². The number of hydrogen-bond acceptors (Lipinski definition) is 4. The Balaban J connectivity index is 1.45. The van der Waals surface area contributed by atoms with Crippen LogP contribution in [0.2, 0.25) is 0 Å². The predicted octanol–water partition coefficient (Wildman–Crippen LogP) is 4.50. The Labute approximate surface area is 176 Å². The van der Waals surface area contributed by atoms with Crippen LogP contribution >= 0.6 is 0 Å². The lowest BCUT2D eigenvalue weighted by molar-refractivity contribution is -0.274. The van der Waals surface area contributed by atoms with E-state index in [1.54, 1.807) is 12.1 Å². The predicted molar refractivity (Wildman–Crippen MR) is 110 cm³/mol. The minimum absolute atomic E-state index is 0.0726. The Morgan fingerprint density at radius 2 is 1.73 bits per heavy atom. The number of hydrogen-bond donors (Lipinski definition) is 1. The highest BCUT2D eigenvalue weighted by Gasteiger charge is 2.34. The summed E-state index contributed by atoms with van der Waals surface area (Å²) in [5, 5.41) is 3.37. The summed E-state index contributed by atoms with van der Waals surface area (Å²) in [7, 11) is 0. The first-order valence-electron chi connectivity index (χ1n) is 10.8. The van der Waals surface area contributed by atoms with E-state index in [2.05, 4.69) is 35.7 Å². The molecule has 1 saturated heterocycles. The first kappa shape index (κ1) is 22.7. The van der Waals surface area contributed by atoms with Gasteiger partial charge in [0.05, 0.1) is 0 Å². The topological polar surface area (TPSA) is 44.8 Å². The summed E-state index contributed by atoms with van der Waals surface area (Å²) in [4.78, 5) is 17.4. The third-order valence-electron chi connectivity index (χ3n) is 6.19. The molecule has 3 rings (SSSR count). The van der Waals surface area contributed by atoms with E-state index in [0.29, 0.717) is 12.1 Å². The van der Waals surface area contributed by atoms with E-state index in [4.69, 9.17) is 0 Å². The number of rotatable bonds is 5. The van der Waals surface area contributed by atoms with Gasteiger partial charge in [0, 0.05) is 49.4 Å². The number of carbonyl (C=O) groups excluding carboxylic acids is 1. The van der Waals surface area contributed by atoms with Gasteiger partial charge in [0.25, 0.3) is 0 Å². The molecule has 1 unspecified atom stereocenters. The molecule has 2 fully saturated rings. The smallest absolute Gasteiger partial charge is 0.406 e. The molecule has 1 N–H and O–H groups in total. The molecule has 1 heterocycles. The van der Waals surface area contributed by atoms with E-state index in [-0.39, 0.29) is 23.6 Å². The molecule has 1 aliphatic carbocycles. The normalized spacial score (nSPS) is 26.0. The second-order valence-electron chi connectivity index (χ2n) is 8.73. The highest BCUT2D eigenvalue weighted by atomic mass is 19.4. The minimum atomic E-state index is -4.68. The second-order valence-corrected chi connectivity index (χ2v) is 8.73. The number of piperazine rings is 1. The molecule has 0 aromatic heterocycles. The van der Waals surface area contributed by atoms with Gasteiger partial charge in [-0.25, -0.2) is 0 Å². The van der Waals surface area contributed by atoms with Crippen molar-refractivity contribution in [3.05, 3.63) is 24.3 Å². The van der Waals surface area contributed by atoms with Crippen molar-refractivity contribution in [3.63, 3.8) is 0 Å². The average Bonchev–Trinajstić information content (AvgIpc) is 2.68. The molecule has 30 heavy (non-hydrogen) atoms. The van der Waals surface area contributed by atoms with E-state index in [0.717, 1.165) is 51.0 Å². The van der Waals surface area contributed by atoms with Crippen LogP contribution < -0.4 is 10.1 Å². The summed E-state index contributed by atoms with van der Waals surface area (Å²) in [5.41, 5.74) is 0.762. The molecule has 1 aliphatic heterocycles. The first-order valence-corrected chi connectivity index (χ1v) is 10.8. The van der Waals surface area contributed by atoms with E-state index < -0.39 is 6.36 Å². The van der Waals surface area contributed by atoms with Crippen LogP contribution in [-0.2, 0) is 4.79 Å². The maximum absolute atomic E-state index is 13.0. The summed E-state index contributed by atoms with van der Waals surface area (Å²) in [6, 6.07) is 6.89. The van der Waals surface area contributed by atoms with Crippen LogP contribution in [0.3, 0.4) is 0 Å². The molecular formula is C22H32F3N3O2. The third-order valence-corrected chi connectivity index (χ3v) is 6.19. The Morgan fingerprint density at radius 1 is 1.10 bits per heavy atom. The van der Waals surface area contributed by atoms with E-state index >= 15 is 0 Å². The van der Waals surface area contributed by atoms with Gasteiger partial charge in [-0.2, -0.15) is 0 Å². The number of carbonyl (C=O) groups is 1. The summed E-state index contributed by atoms with van der Waals surface area (Å²) in [5.74, 6) is 0.120. The highest BCUT2D eigenvalue weighted by Crippen LogP contribution is 2.30. The van der Waals surface area contributed by atoms with Gasteiger partial charge < -0.3 is 15.0 Å². The fourth-order valence-electron chi connectivity index (χ4n) is 4.67. The van der Waals surface area contributed by atoms with Gasteiger partial charge in [-0.3, -0.25) is 9.69 Å². The van der Waals surface area contributed by atoms with E-state index in [1.807, 2.05) is 4.90 Å². The van der Waals surface area contributed by atoms with E-state index in [9.17, 15) is 18.0 Å². The quantitative estimate of drug-likeness (QED) is 0.752. The number of alkyl halides is 3. The Bertz CT molecular complexity index is 701. The van der Waals surface area contributed by atoms with Crippen LogP contribution in [0.4, 0.5) is 18.9 Å². The van der Waals surface area contributed by atoms with Crippen molar-refractivity contribution in [3.8, 4) is 5.75 Å². The second kappa shape index (κ2) is 9.45. The number of halogens is 3. The minimum Gasteiger partial charge on any atom is -0.406 e. The average molecular weight is 428 g/mol. The SMILES string of the molecule is CC(C)N1CCN(C(=O)C2CCC(Nc3ccc(OC(F)(F)F)cc3)CC2)CC1C. The van der Waals surface area contributed by atoms with Crippen LogP contribution in [0.1, 0.15) is 46.5 Å². The number of anilines is 1. The lowest BCUT2D eigenvalue weighted by Crippen LogP contribution is -2.56. The van der Waals surface area contributed by atoms with Crippen molar-refractivity contribution < 1.29 is 22.7 Å². The standard InChI is InChI=1S/C22H32F3N3O2/c1-15(2)28-13-12-27(14-16(28)3)21(29)17-4-6-18(7-5-17)26-19-8-10-20(11-9-19)30-22(23,24)25/h8-11,15-18,26H,4-7,12-14H2,1-3H3. The van der Waals surface area contributed by atoms with Crippen molar-refractivity contribution >= 4 is 11.6 Å². The Hall–Kier alpha value is -1.96. The van der Waals surface area contributed by atoms with Crippen LogP contribution in [0.25, 0.3) is 0 Å². The fraction of sp³-hybridized carbons (Fsp3) is 0.682. The number of benzene rings is 1. The molecule has 2 aliphatic rings. The van der Waals surface area contributed by atoms with Crippen LogP contribution in [0, 0.1) is 5.92 Å². The molecule has 1 saturated carbocycles. The molecule has 8 heteroatoms. The largest absolute Gasteiger partial charge is 0.573 e. The molecule has 0 radical (unpaired) electrons. The van der Waals surface area contributed by atoms with Gasteiger partial charge in [-0.1, -0.05) is 0 Å². The first-order chi connectivity index (χ1) is 14.1. The van der Waals surface area contributed by atoms with Gasteiger partial charge >= 0.3 is 6.36 Å². The van der Waals surface area contributed by atoms with Crippen molar-refractivity contribution in [2.24, 2.45) is 5.92 Å². The molecule has 1 atom stereocenters. The molecule has 1 aromatic rings. The number of nitrogens with zero attached hydrogens (tertiary/aromatic N) is 2. The number of ether oxygens (including phenoxy) is 1. The summed E-state index contributed by atoms with van der Waals surface area (Å²) in [6.45, 7) is 9.09. The molecule has 1 amide bonds. The lowest BCUT2D eigenvalue weighted by Gasteiger charge is -2.43. The fourth-order valence-corrected chi connectivity index (χ4v) is 4.67. The molecule has 5 nitrogen and oxygen atoms in total. The van der Waals surface area contributed by atoms with Gasteiger partial charge in [0.1, 0.15) is 5.75 Å². The van der Waals surface area contributed by atoms with Crippen molar-refractivity contribution in [1.82, 2.24) is 9.80 Å². The molecular weight excluding hydrogens is 395 g/mol. The summed E-state index contributed by atoms with van der Waals surface area (Å²) in [6.07, 6.45) is -1.26. The zero-order valence-corrected chi connectivity index (χ0v) is 17.9. The maximum Gasteiger partial charge on any atom is 0.573 e. The van der Waals surface area contributed by atoms with Crippen LogP contribution in [0.15, 0.2) is 24.3 Å².